The Balaban J connectivity index is 1.27. The number of nitrogens with zero attached hydrogens (tertiary/aromatic N) is 3. The largest absolute Gasteiger partial charge is 0.483 e. The second-order valence-electron chi connectivity index (χ2n) is 7.70. The lowest BCUT2D eigenvalue weighted by molar-refractivity contribution is -0.123. The van der Waals surface area contributed by atoms with Gasteiger partial charge in [-0.1, -0.05) is 30.3 Å². The third-order valence-corrected chi connectivity index (χ3v) is 5.32. The Hall–Kier alpha value is -5.05. The third kappa shape index (κ3) is 4.76. The first-order valence-corrected chi connectivity index (χ1v) is 10.9. The number of nitrogens with one attached hydrogen (secondary N) is 1. The lowest BCUT2D eigenvalue weighted by Gasteiger charge is -2.12. The van der Waals surface area contributed by atoms with Gasteiger partial charge in [0.05, 0.1) is 34.7 Å². The Morgan fingerprint density at radius 2 is 1.89 bits per heavy atom. The van der Waals surface area contributed by atoms with Crippen LogP contribution in [-0.2, 0) is 4.79 Å². The van der Waals surface area contributed by atoms with Crippen LogP contribution in [0.3, 0.4) is 0 Å². The molecule has 5 rings (SSSR count). The van der Waals surface area contributed by atoms with Gasteiger partial charge in [0.25, 0.3) is 5.91 Å². The summed E-state index contributed by atoms with van der Waals surface area (Å²) in [4.78, 5) is 24.8. The quantitative estimate of drug-likeness (QED) is 0.275. The highest BCUT2D eigenvalue weighted by atomic mass is 19.1. The van der Waals surface area contributed by atoms with Crippen LogP contribution in [0.25, 0.3) is 27.9 Å². The first-order chi connectivity index (χ1) is 17.6. The van der Waals surface area contributed by atoms with Crippen molar-refractivity contribution in [2.75, 3.05) is 6.61 Å². The molecule has 0 aliphatic rings. The lowest BCUT2D eigenvalue weighted by Crippen LogP contribution is -2.25. The topological polar surface area (TPSA) is 98.7 Å². The van der Waals surface area contributed by atoms with Gasteiger partial charge in [-0.2, -0.15) is 10.2 Å². The minimum Gasteiger partial charge on any atom is -0.483 e. The fourth-order valence-electron chi connectivity index (χ4n) is 3.64. The molecule has 0 atom stereocenters. The molecule has 2 heterocycles. The molecule has 1 N–H and O–H groups in total. The van der Waals surface area contributed by atoms with E-state index in [-0.39, 0.29) is 23.1 Å². The van der Waals surface area contributed by atoms with E-state index in [9.17, 15) is 14.0 Å². The highest BCUT2D eigenvalue weighted by molar-refractivity contribution is 5.87. The summed E-state index contributed by atoms with van der Waals surface area (Å²) in [5.74, 6) is -0.596. The number of carbonyl (C=O) groups excluding carboxylic acids is 1. The van der Waals surface area contributed by atoms with Crippen molar-refractivity contribution in [2.45, 2.75) is 0 Å². The summed E-state index contributed by atoms with van der Waals surface area (Å²) in [7, 11) is 0. The standard InChI is InChI=1S/C27H19FN4O4/c28-19-10-11-25-22(14-19)27(34)18(16-35-25)15-29-31-26(33)17-36-24-9-5-4-8-21(24)23-12-13-30-32(23)20-6-2-1-3-7-20/h1-16H,17H2,(H,31,33)/b29-15+. The average Bonchev–Trinajstić information content (AvgIpc) is 3.40. The number of fused-ring (bicyclic) bond motifs is 1. The Bertz CT molecular complexity index is 1630. The van der Waals surface area contributed by atoms with Gasteiger partial charge in [-0.15, -0.1) is 0 Å². The number of hydrogen-bond donors (Lipinski definition) is 1. The number of hydrogen-bond acceptors (Lipinski definition) is 6. The van der Waals surface area contributed by atoms with Crippen LogP contribution in [0.1, 0.15) is 5.56 Å². The molecule has 0 aliphatic heterocycles. The minimum absolute atomic E-state index is 0.0637. The van der Waals surface area contributed by atoms with Gasteiger partial charge in [-0.3, -0.25) is 9.59 Å². The maximum atomic E-state index is 13.5. The molecule has 0 spiro atoms. The fourth-order valence-corrected chi connectivity index (χ4v) is 3.64. The minimum atomic E-state index is -0.554. The first-order valence-electron chi connectivity index (χ1n) is 10.9. The monoisotopic (exact) mass is 482 g/mol. The molecule has 9 heteroatoms. The highest BCUT2D eigenvalue weighted by Gasteiger charge is 2.13. The van der Waals surface area contributed by atoms with Gasteiger partial charge < -0.3 is 9.15 Å². The summed E-state index contributed by atoms with van der Waals surface area (Å²) in [6, 6.07) is 22.5. The summed E-state index contributed by atoms with van der Waals surface area (Å²) in [5.41, 5.74) is 4.62. The van der Waals surface area contributed by atoms with Gasteiger partial charge in [-0.05, 0) is 48.5 Å². The Morgan fingerprint density at radius 3 is 2.75 bits per heavy atom. The Morgan fingerprint density at radius 1 is 1.08 bits per heavy atom. The molecule has 8 nitrogen and oxygen atoms in total. The van der Waals surface area contributed by atoms with Crippen molar-refractivity contribution >= 4 is 23.1 Å². The molecule has 0 fully saturated rings. The number of carbonyl (C=O) groups is 1. The van der Waals surface area contributed by atoms with E-state index in [0.29, 0.717) is 5.75 Å². The Kier molecular flexibility index (Phi) is 6.35. The van der Waals surface area contributed by atoms with Gasteiger partial charge in [-0.25, -0.2) is 14.5 Å². The van der Waals surface area contributed by atoms with Crippen molar-refractivity contribution in [3.05, 3.63) is 113 Å². The van der Waals surface area contributed by atoms with Crippen LogP contribution >= 0.6 is 0 Å². The number of benzene rings is 3. The summed E-state index contributed by atoms with van der Waals surface area (Å²) >= 11 is 0. The number of aromatic nitrogens is 2. The first kappa shape index (κ1) is 22.7. The second kappa shape index (κ2) is 10.1. The van der Waals surface area contributed by atoms with E-state index in [2.05, 4.69) is 15.6 Å². The maximum Gasteiger partial charge on any atom is 0.277 e. The summed E-state index contributed by atoms with van der Waals surface area (Å²) < 4.78 is 26.3. The van der Waals surface area contributed by atoms with E-state index in [1.807, 2.05) is 48.5 Å². The molecule has 5 aromatic rings. The third-order valence-electron chi connectivity index (χ3n) is 5.32. The highest BCUT2D eigenvalue weighted by Crippen LogP contribution is 2.31. The molecule has 0 saturated heterocycles. The number of para-hydroxylation sites is 2. The molecule has 0 saturated carbocycles. The van der Waals surface area contributed by atoms with Crippen molar-refractivity contribution < 1.29 is 18.3 Å². The van der Waals surface area contributed by atoms with Crippen molar-refractivity contribution in [2.24, 2.45) is 5.10 Å². The normalized spacial score (nSPS) is 11.1. The van der Waals surface area contributed by atoms with E-state index < -0.39 is 17.2 Å². The van der Waals surface area contributed by atoms with E-state index in [4.69, 9.17) is 9.15 Å². The summed E-state index contributed by atoms with van der Waals surface area (Å²) in [5, 5.41) is 8.29. The number of ether oxygens (including phenoxy) is 1. The molecule has 36 heavy (non-hydrogen) atoms. The number of hydrazone groups is 1. The molecular formula is C27H19FN4O4. The predicted molar refractivity (Wildman–Crippen MR) is 133 cm³/mol. The maximum absolute atomic E-state index is 13.5. The van der Waals surface area contributed by atoms with Crippen molar-refractivity contribution in [3.8, 4) is 22.7 Å². The van der Waals surface area contributed by atoms with Gasteiger partial charge in [0, 0.05) is 5.56 Å². The fraction of sp³-hybridized carbons (Fsp3) is 0.0370. The second-order valence-corrected chi connectivity index (χ2v) is 7.70. The SMILES string of the molecule is O=C(COc1ccccc1-c1ccnn1-c1ccccc1)N/N=C/c1coc2ccc(F)cc2c1=O. The number of halogens is 1. The molecule has 3 aromatic carbocycles. The van der Waals surface area contributed by atoms with Gasteiger partial charge in [0.15, 0.2) is 6.61 Å². The number of rotatable bonds is 7. The van der Waals surface area contributed by atoms with Gasteiger partial charge in [0.2, 0.25) is 5.43 Å². The van der Waals surface area contributed by atoms with Crippen LogP contribution in [0, 0.1) is 5.82 Å². The lowest BCUT2D eigenvalue weighted by atomic mass is 10.1. The zero-order chi connectivity index (χ0) is 24.9. The van der Waals surface area contributed by atoms with Crippen molar-refractivity contribution in [1.29, 1.82) is 0 Å². The zero-order valence-electron chi connectivity index (χ0n) is 18.8. The molecule has 1 amide bonds. The number of amides is 1. The Labute approximate surface area is 204 Å². The van der Waals surface area contributed by atoms with Crippen molar-refractivity contribution in [1.82, 2.24) is 15.2 Å². The smallest absolute Gasteiger partial charge is 0.277 e. The van der Waals surface area contributed by atoms with Crippen LogP contribution in [-0.4, -0.2) is 28.5 Å². The van der Waals surface area contributed by atoms with Crippen LogP contribution in [0.2, 0.25) is 0 Å². The molecule has 0 unspecified atom stereocenters. The van der Waals surface area contributed by atoms with Gasteiger partial charge in [0.1, 0.15) is 23.4 Å². The van der Waals surface area contributed by atoms with E-state index in [0.717, 1.165) is 29.2 Å². The van der Waals surface area contributed by atoms with Crippen LogP contribution in [0.5, 0.6) is 5.75 Å². The molecule has 0 bridgehead atoms. The van der Waals surface area contributed by atoms with Crippen molar-refractivity contribution in [3.63, 3.8) is 0 Å². The van der Waals surface area contributed by atoms with Crippen LogP contribution < -0.4 is 15.6 Å². The molecular weight excluding hydrogens is 463 g/mol. The van der Waals surface area contributed by atoms with Crippen LogP contribution in [0.15, 0.2) is 106 Å². The molecule has 178 valence electrons. The zero-order valence-corrected chi connectivity index (χ0v) is 18.8. The van der Waals surface area contributed by atoms with Crippen LogP contribution in [0.4, 0.5) is 4.39 Å². The molecule has 0 radical (unpaired) electrons. The van der Waals surface area contributed by atoms with Gasteiger partial charge >= 0.3 is 0 Å². The van der Waals surface area contributed by atoms with E-state index in [1.165, 1.54) is 18.4 Å². The van der Waals surface area contributed by atoms with E-state index >= 15 is 0 Å². The summed E-state index contributed by atoms with van der Waals surface area (Å²) in [6.45, 7) is -0.314. The average molecular weight is 482 g/mol. The summed E-state index contributed by atoms with van der Waals surface area (Å²) in [6.07, 6.45) is 4.03. The van der Waals surface area contributed by atoms with E-state index in [1.54, 1.807) is 23.0 Å². The molecule has 2 aromatic heterocycles. The predicted octanol–water partition coefficient (Wildman–Crippen LogP) is 4.31. The molecule has 0 aliphatic carbocycles.